The van der Waals surface area contributed by atoms with Crippen molar-refractivity contribution in [2.45, 2.75) is 77.2 Å². The number of allylic oxidation sites excluding steroid dienone is 1. The second-order valence-electron chi connectivity index (χ2n) is 9.16. The molecule has 0 heterocycles. The van der Waals surface area contributed by atoms with E-state index in [0.29, 0.717) is 5.92 Å². The Labute approximate surface area is 156 Å². The first-order chi connectivity index (χ1) is 12.3. The minimum Gasteiger partial charge on any atom is -0.497 e. The Morgan fingerprint density at radius 1 is 1.19 bits per heavy atom. The number of carbonyl (C=O) groups is 1. The van der Waals surface area contributed by atoms with E-state index in [1.807, 2.05) is 0 Å². The molecule has 3 aliphatic carbocycles. The standard InChI is InChI=1S/C23H30O3/c1-14(24)26-21-9-8-19-18-13-22(2,3)20-12-15(25-5)6-7-17(20)16(18)10-11-23(19,21)4/h6-7,12,16,21H,8-11,13H2,1-5H3/t16-,21+,23+/m1/s1. The molecule has 3 heteroatoms. The van der Waals surface area contributed by atoms with Crippen LogP contribution < -0.4 is 4.74 Å². The zero-order valence-electron chi connectivity index (χ0n) is 16.6. The molecule has 0 radical (unpaired) electrons. The molecule has 4 rings (SSSR count). The summed E-state index contributed by atoms with van der Waals surface area (Å²) in [5.41, 5.74) is 6.23. The maximum Gasteiger partial charge on any atom is 0.302 e. The van der Waals surface area contributed by atoms with E-state index in [4.69, 9.17) is 9.47 Å². The molecule has 1 fully saturated rings. The minimum atomic E-state index is -0.147. The third-order valence-electron chi connectivity index (χ3n) is 7.12. The number of methoxy groups -OCH3 is 1. The number of rotatable bonds is 2. The first-order valence-electron chi connectivity index (χ1n) is 9.84. The highest BCUT2D eigenvalue weighted by Crippen LogP contribution is 2.60. The van der Waals surface area contributed by atoms with Gasteiger partial charge in [-0.2, -0.15) is 0 Å². The van der Waals surface area contributed by atoms with E-state index in [2.05, 4.69) is 39.0 Å². The van der Waals surface area contributed by atoms with Crippen LogP contribution in [0.4, 0.5) is 0 Å². The van der Waals surface area contributed by atoms with E-state index in [1.54, 1.807) is 18.3 Å². The zero-order chi connectivity index (χ0) is 18.7. The molecule has 0 bridgehead atoms. The number of benzene rings is 1. The molecule has 0 spiro atoms. The second-order valence-corrected chi connectivity index (χ2v) is 9.16. The fourth-order valence-corrected chi connectivity index (χ4v) is 5.83. The molecule has 26 heavy (non-hydrogen) atoms. The van der Waals surface area contributed by atoms with Crippen molar-refractivity contribution in [3.8, 4) is 5.75 Å². The first-order valence-corrected chi connectivity index (χ1v) is 9.84. The summed E-state index contributed by atoms with van der Waals surface area (Å²) in [6.07, 6.45) is 5.42. The van der Waals surface area contributed by atoms with Gasteiger partial charge < -0.3 is 9.47 Å². The Hall–Kier alpha value is -1.77. The summed E-state index contributed by atoms with van der Waals surface area (Å²) in [4.78, 5) is 11.6. The van der Waals surface area contributed by atoms with Gasteiger partial charge in [-0.05, 0) is 60.8 Å². The second kappa shape index (κ2) is 5.87. The summed E-state index contributed by atoms with van der Waals surface area (Å²) in [7, 11) is 1.74. The Morgan fingerprint density at radius 2 is 1.96 bits per heavy atom. The number of esters is 1. The van der Waals surface area contributed by atoms with Crippen LogP contribution in [-0.2, 0) is 14.9 Å². The molecular formula is C23H30O3. The van der Waals surface area contributed by atoms with E-state index in [1.165, 1.54) is 18.1 Å². The van der Waals surface area contributed by atoms with Crippen LogP contribution in [0.3, 0.4) is 0 Å². The third kappa shape index (κ3) is 2.51. The lowest BCUT2D eigenvalue weighted by molar-refractivity contribution is -0.150. The fourth-order valence-electron chi connectivity index (χ4n) is 5.83. The molecule has 1 aromatic carbocycles. The maximum atomic E-state index is 11.6. The quantitative estimate of drug-likeness (QED) is 0.535. The van der Waals surface area contributed by atoms with Gasteiger partial charge in [-0.1, -0.05) is 38.0 Å². The van der Waals surface area contributed by atoms with Crippen molar-refractivity contribution in [2.75, 3.05) is 7.11 Å². The summed E-state index contributed by atoms with van der Waals surface area (Å²) >= 11 is 0. The number of ether oxygens (including phenoxy) is 2. The normalized spacial score (nSPS) is 31.7. The van der Waals surface area contributed by atoms with Crippen molar-refractivity contribution in [1.29, 1.82) is 0 Å². The van der Waals surface area contributed by atoms with Gasteiger partial charge in [0.05, 0.1) is 7.11 Å². The van der Waals surface area contributed by atoms with E-state index < -0.39 is 0 Å². The van der Waals surface area contributed by atoms with Gasteiger partial charge in [0.1, 0.15) is 11.9 Å². The van der Waals surface area contributed by atoms with Crippen LogP contribution in [0.25, 0.3) is 0 Å². The predicted molar refractivity (Wildman–Crippen MR) is 103 cm³/mol. The van der Waals surface area contributed by atoms with Gasteiger partial charge in [0.25, 0.3) is 0 Å². The fraction of sp³-hybridized carbons (Fsp3) is 0.609. The van der Waals surface area contributed by atoms with Crippen molar-refractivity contribution >= 4 is 5.97 Å². The highest BCUT2D eigenvalue weighted by molar-refractivity contribution is 5.66. The van der Waals surface area contributed by atoms with Gasteiger partial charge >= 0.3 is 5.97 Å². The van der Waals surface area contributed by atoms with Crippen LogP contribution in [0.5, 0.6) is 5.75 Å². The smallest absolute Gasteiger partial charge is 0.302 e. The van der Waals surface area contributed by atoms with E-state index >= 15 is 0 Å². The van der Waals surface area contributed by atoms with E-state index in [0.717, 1.165) is 37.9 Å². The average Bonchev–Trinajstić information content (AvgIpc) is 2.91. The average molecular weight is 354 g/mol. The molecule has 140 valence electrons. The molecule has 0 saturated heterocycles. The highest BCUT2D eigenvalue weighted by atomic mass is 16.5. The van der Waals surface area contributed by atoms with E-state index in [-0.39, 0.29) is 22.9 Å². The lowest BCUT2D eigenvalue weighted by atomic mass is 9.58. The molecule has 1 aromatic rings. The van der Waals surface area contributed by atoms with Gasteiger partial charge in [-0.3, -0.25) is 4.79 Å². The molecule has 0 N–H and O–H groups in total. The lowest BCUT2D eigenvalue weighted by Crippen LogP contribution is -2.38. The van der Waals surface area contributed by atoms with Crippen molar-refractivity contribution in [1.82, 2.24) is 0 Å². The third-order valence-corrected chi connectivity index (χ3v) is 7.12. The lowest BCUT2D eigenvalue weighted by Gasteiger charge is -2.47. The number of carbonyl (C=O) groups excluding carboxylic acids is 1. The van der Waals surface area contributed by atoms with Crippen LogP contribution in [0.15, 0.2) is 29.3 Å². The van der Waals surface area contributed by atoms with Gasteiger partial charge in [0, 0.05) is 18.3 Å². The number of hydrogen-bond acceptors (Lipinski definition) is 3. The van der Waals surface area contributed by atoms with Crippen molar-refractivity contribution in [3.05, 3.63) is 40.5 Å². The first kappa shape index (κ1) is 17.6. The molecule has 3 atom stereocenters. The van der Waals surface area contributed by atoms with Crippen LogP contribution >= 0.6 is 0 Å². The van der Waals surface area contributed by atoms with Crippen LogP contribution in [0.2, 0.25) is 0 Å². The summed E-state index contributed by atoms with van der Waals surface area (Å²) in [5.74, 6) is 1.32. The molecule has 0 unspecified atom stereocenters. The molecule has 0 aliphatic heterocycles. The summed E-state index contributed by atoms with van der Waals surface area (Å²) in [6, 6.07) is 6.62. The van der Waals surface area contributed by atoms with E-state index in [9.17, 15) is 4.79 Å². The van der Waals surface area contributed by atoms with Crippen molar-refractivity contribution in [2.24, 2.45) is 5.41 Å². The van der Waals surface area contributed by atoms with Crippen molar-refractivity contribution < 1.29 is 14.3 Å². The van der Waals surface area contributed by atoms with Gasteiger partial charge in [0.2, 0.25) is 0 Å². The zero-order valence-corrected chi connectivity index (χ0v) is 16.6. The van der Waals surface area contributed by atoms with Gasteiger partial charge in [0.15, 0.2) is 0 Å². The molecular weight excluding hydrogens is 324 g/mol. The van der Waals surface area contributed by atoms with Gasteiger partial charge in [-0.25, -0.2) is 0 Å². The Balaban J connectivity index is 1.81. The largest absolute Gasteiger partial charge is 0.497 e. The SMILES string of the molecule is COc1ccc2c(c1)C(C)(C)CC1=C3CC[C@H](OC(C)=O)[C@@]3(C)CC[C@@H]12. The number of hydrogen-bond donors (Lipinski definition) is 0. The Morgan fingerprint density at radius 3 is 2.65 bits per heavy atom. The molecule has 0 amide bonds. The summed E-state index contributed by atoms with van der Waals surface area (Å²) < 4.78 is 11.2. The topological polar surface area (TPSA) is 35.5 Å². The Kier molecular flexibility index (Phi) is 3.98. The minimum absolute atomic E-state index is 0.0254. The van der Waals surface area contributed by atoms with Crippen LogP contribution in [0.1, 0.15) is 76.8 Å². The van der Waals surface area contributed by atoms with Gasteiger partial charge in [-0.15, -0.1) is 0 Å². The van der Waals surface area contributed by atoms with Crippen LogP contribution in [-0.4, -0.2) is 19.2 Å². The molecule has 3 nitrogen and oxygen atoms in total. The monoisotopic (exact) mass is 354 g/mol. The molecule has 1 saturated carbocycles. The summed E-state index contributed by atoms with van der Waals surface area (Å²) in [5, 5.41) is 0. The maximum absolute atomic E-state index is 11.6. The summed E-state index contributed by atoms with van der Waals surface area (Å²) in [6.45, 7) is 8.55. The molecule has 3 aliphatic rings. The predicted octanol–water partition coefficient (Wildman–Crippen LogP) is 5.28. The van der Waals surface area contributed by atoms with Crippen molar-refractivity contribution in [3.63, 3.8) is 0 Å². The number of fused-ring (bicyclic) bond motifs is 4. The molecule has 0 aromatic heterocycles. The Bertz CT molecular complexity index is 789. The van der Waals surface area contributed by atoms with Crippen LogP contribution in [0, 0.1) is 5.41 Å². The highest BCUT2D eigenvalue weighted by Gasteiger charge is 2.51.